The molecule has 0 saturated carbocycles. The average Bonchev–Trinajstić information content (AvgIpc) is 3.02. The van der Waals surface area contributed by atoms with Gasteiger partial charge in [-0.1, -0.05) is 97.1 Å². The molecule has 0 atom stereocenters. The molecular formula is C36H45N5O2. The second-order valence-electron chi connectivity index (χ2n) is 10.8. The smallest absolute Gasteiger partial charge is 0.236 e. The molecule has 0 fully saturated rings. The number of carbonyl (C=O) groups excluding carboxylic acids is 2. The first-order valence-electron chi connectivity index (χ1n) is 14.6. The zero-order chi connectivity index (χ0) is 30.9. The largest absolute Gasteiger partial charge is 0.381 e. The lowest BCUT2D eigenvalue weighted by atomic mass is 10.0. The molecule has 0 unspecified atom stereocenters. The Bertz CT molecular complexity index is 1360. The van der Waals surface area contributed by atoms with Crippen molar-refractivity contribution in [1.29, 1.82) is 0 Å². The summed E-state index contributed by atoms with van der Waals surface area (Å²) >= 11 is 0. The minimum Gasteiger partial charge on any atom is -0.381 e. The van der Waals surface area contributed by atoms with Crippen molar-refractivity contribution in [3.63, 3.8) is 0 Å². The van der Waals surface area contributed by atoms with Crippen LogP contribution in [0, 0.1) is 0 Å². The first kappa shape index (κ1) is 33.0. The highest BCUT2D eigenvalue weighted by molar-refractivity contribution is 5.78. The van der Waals surface area contributed by atoms with Crippen molar-refractivity contribution in [2.45, 2.75) is 26.1 Å². The summed E-state index contributed by atoms with van der Waals surface area (Å²) in [5, 5.41) is 9.71. The molecule has 0 bridgehead atoms. The molecular weight excluding hydrogens is 534 g/mol. The standard InChI is InChI=1S/C18H23N3O.C18H22N2O/c1-21(2)18(22)14-19-12-16-8-10-17(11-9-16)20-13-15-6-4-3-5-7-15;1-20(2)18(21)14-19-13-17-10-8-16(9-11-17)12-15-6-4-3-5-7-15/h3-11,19-20H,12-14H2,1-2H3;3-11,19H,12-14H2,1-2H3. The summed E-state index contributed by atoms with van der Waals surface area (Å²) < 4.78 is 0. The van der Waals surface area contributed by atoms with Crippen LogP contribution in [0.3, 0.4) is 0 Å². The maximum atomic E-state index is 11.5. The highest BCUT2D eigenvalue weighted by Gasteiger charge is 2.04. The van der Waals surface area contributed by atoms with Gasteiger partial charge in [0.1, 0.15) is 0 Å². The minimum atomic E-state index is 0.0844. The van der Waals surface area contributed by atoms with Crippen LogP contribution in [0.5, 0.6) is 0 Å². The summed E-state index contributed by atoms with van der Waals surface area (Å²) in [5.41, 5.74) is 7.33. The minimum absolute atomic E-state index is 0.0844. The van der Waals surface area contributed by atoms with Crippen LogP contribution in [0.4, 0.5) is 5.69 Å². The summed E-state index contributed by atoms with van der Waals surface area (Å²) in [7, 11) is 7.05. The number of benzene rings is 4. The predicted octanol–water partition coefficient (Wildman–Crippen LogP) is 4.93. The van der Waals surface area contributed by atoms with E-state index in [4.69, 9.17) is 0 Å². The molecule has 4 rings (SSSR count). The second-order valence-corrected chi connectivity index (χ2v) is 10.8. The van der Waals surface area contributed by atoms with Gasteiger partial charge in [-0.05, 0) is 46.4 Å². The van der Waals surface area contributed by atoms with Gasteiger partial charge in [-0.15, -0.1) is 0 Å². The molecule has 7 nitrogen and oxygen atoms in total. The van der Waals surface area contributed by atoms with Crippen molar-refractivity contribution in [3.05, 3.63) is 137 Å². The van der Waals surface area contributed by atoms with Gasteiger partial charge in [0, 0.05) is 53.5 Å². The van der Waals surface area contributed by atoms with Gasteiger partial charge in [0.15, 0.2) is 0 Å². The molecule has 0 saturated heterocycles. The van der Waals surface area contributed by atoms with Gasteiger partial charge >= 0.3 is 0 Å². The van der Waals surface area contributed by atoms with Gasteiger partial charge in [-0.25, -0.2) is 0 Å². The van der Waals surface area contributed by atoms with Crippen LogP contribution < -0.4 is 16.0 Å². The lowest BCUT2D eigenvalue weighted by Gasteiger charge is -2.11. The average molecular weight is 580 g/mol. The van der Waals surface area contributed by atoms with Crippen molar-refractivity contribution in [1.82, 2.24) is 20.4 Å². The van der Waals surface area contributed by atoms with E-state index >= 15 is 0 Å². The predicted molar refractivity (Wildman–Crippen MR) is 177 cm³/mol. The summed E-state index contributed by atoms with van der Waals surface area (Å²) in [6, 6.07) is 37.6. The van der Waals surface area contributed by atoms with Crippen LogP contribution in [0.15, 0.2) is 109 Å². The zero-order valence-corrected chi connectivity index (χ0v) is 25.8. The van der Waals surface area contributed by atoms with Crippen molar-refractivity contribution in [2.75, 3.05) is 46.6 Å². The van der Waals surface area contributed by atoms with Gasteiger partial charge in [-0.2, -0.15) is 0 Å². The summed E-state index contributed by atoms with van der Waals surface area (Å²) in [6.45, 7) is 2.96. The van der Waals surface area contributed by atoms with Crippen molar-refractivity contribution in [2.24, 2.45) is 0 Å². The molecule has 2 amide bonds. The number of hydrogen-bond donors (Lipinski definition) is 3. The molecule has 0 aliphatic rings. The maximum Gasteiger partial charge on any atom is 0.236 e. The number of likely N-dealkylation sites (N-methyl/N-ethyl adjacent to an activating group) is 2. The first-order chi connectivity index (χ1) is 20.8. The fraction of sp³-hybridized carbons (Fsp3) is 0.278. The molecule has 0 aliphatic heterocycles. The molecule has 0 aromatic heterocycles. The number of amides is 2. The Hall–Kier alpha value is -4.46. The van der Waals surface area contributed by atoms with E-state index in [1.165, 1.54) is 22.3 Å². The molecule has 0 radical (unpaired) electrons. The van der Waals surface area contributed by atoms with Crippen LogP contribution in [-0.2, 0) is 35.6 Å². The Morgan fingerprint density at radius 2 is 0.860 bits per heavy atom. The van der Waals surface area contributed by atoms with Crippen molar-refractivity contribution < 1.29 is 9.59 Å². The third-order valence-electron chi connectivity index (χ3n) is 6.78. The monoisotopic (exact) mass is 579 g/mol. The SMILES string of the molecule is CN(C)C(=O)CNCc1ccc(Cc2ccccc2)cc1.CN(C)C(=O)CNCc1ccc(NCc2ccccc2)cc1. The third kappa shape index (κ3) is 12.9. The van der Waals surface area contributed by atoms with E-state index in [0.717, 1.165) is 24.2 Å². The number of nitrogens with zero attached hydrogens (tertiary/aromatic N) is 2. The first-order valence-corrected chi connectivity index (χ1v) is 14.6. The van der Waals surface area contributed by atoms with Gasteiger partial charge in [0.2, 0.25) is 11.8 Å². The normalized spacial score (nSPS) is 10.3. The second kappa shape index (κ2) is 18.2. The summed E-state index contributed by atoms with van der Waals surface area (Å²) in [6.07, 6.45) is 0.952. The fourth-order valence-corrected chi connectivity index (χ4v) is 4.09. The molecule has 7 heteroatoms. The van der Waals surface area contributed by atoms with Gasteiger partial charge in [-0.3, -0.25) is 9.59 Å². The highest BCUT2D eigenvalue weighted by atomic mass is 16.2. The molecule has 0 spiro atoms. The maximum absolute atomic E-state index is 11.5. The molecule has 0 aliphatic carbocycles. The summed E-state index contributed by atoms with van der Waals surface area (Å²) in [4.78, 5) is 26.1. The molecule has 43 heavy (non-hydrogen) atoms. The Kier molecular flexibility index (Phi) is 14.0. The van der Waals surface area contributed by atoms with Gasteiger partial charge in [0.25, 0.3) is 0 Å². The van der Waals surface area contributed by atoms with Gasteiger partial charge < -0.3 is 25.8 Å². The van der Waals surface area contributed by atoms with E-state index in [9.17, 15) is 9.59 Å². The fourth-order valence-electron chi connectivity index (χ4n) is 4.09. The number of nitrogens with one attached hydrogen (secondary N) is 3. The lowest BCUT2D eigenvalue weighted by Crippen LogP contribution is -2.32. The van der Waals surface area contributed by atoms with E-state index < -0.39 is 0 Å². The van der Waals surface area contributed by atoms with Crippen LogP contribution >= 0.6 is 0 Å². The Balaban J connectivity index is 0.000000236. The number of hydrogen-bond acceptors (Lipinski definition) is 5. The van der Waals surface area contributed by atoms with Crippen LogP contribution in [0.1, 0.15) is 27.8 Å². The van der Waals surface area contributed by atoms with E-state index in [0.29, 0.717) is 26.2 Å². The Labute approximate surface area is 256 Å². The number of rotatable bonds is 13. The Morgan fingerprint density at radius 3 is 1.33 bits per heavy atom. The quantitative estimate of drug-likeness (QED) is 0.209. The topological polar surface area (TPSA) is 76.7 Å². The van der Waals surface area contributed by atoms with E-state index in [2.05, 4.69) is 101 Å². The molecule has 0 heterocycles. The van der Waals surface area contributed by atoms with Crippen LogP contribution in [-0.4, -0.2) is 62.9 Å². The lowest BCUT2D eigenvalue weighted by molar-refractivity contribution is -0.128. The van der Waals surface area contributed by atoms with Crippen molar-refractivity contribution in [3.8, 4) is 0 Å². The van der Waals surface area contributed by atoms with E-state index in [-0.39, 0.29) is 11.8 Å². The van der Waals surface area contributed by atoms with Crippen molar-refractivity contribution >= 4 is 17.5 Å². The highest BCUT2D eigenvalue weighted by Crippen LogP contribution is 2.12. The molecule has 4 aromatic carbocycles. The van der Waals surface area contributed by atoms with Crippen LogP contribution in [0.2, 0.25) is 0 Å². The number of anilines is 1. The number of carbonyl (C=O) groups is 2. The van der Waals surface area contributed by atoms with Crippen LogP contribution in [0.25, 0.3) is 0 Å². The van der Waals surface area contributed by atoms with E-state index in [1.54, 1.807) is 38.0 Å². The zero-order valence-electron chi connectivity index (χ0n) is 25.8. The molecule has 3 N–H and O–H groups in total. The third-order valence-corrected chi connectivity index (χ3v) is 6.78. The Morgan fingerprint density at radius 1 is 0.488 bits per heavy atom. The van der Waals surface area contributed by atoms with E-state index in [1.807, 2.05) is 24.3 Å². The molecule has 226 valence electrons. The van der Waals surface area contributed by atoms with Gasteiger partial charge in [0.05, 0.1) is 13.1 Å². The molecule has 4 aromatic rings. The summed E-state index contributed by atoms with van der Waals surface area (Å²) in [5.74, 6) is 0.178.